The van der Waals surface area contributed by atoms with Crippen LogP contribution in [0.15, 0.2) is 0 Å². The molecule has 0 saturated carbocycles. The number of hydrogen-bond donors (Lipinski definition) is 1. The van der Waals surface area contributed by atoms with E-state index >= 15 is 0 Å². The van der Waals surface area contributed by atoms with Crippen molar-refractivity contribution in [3.63, 3.8) is 0 Å². The summed E-state index contributed by atoms with van der Waals surface area (Å²) in [7, 11) is 2.16. The van der Waals surface area contributed by atoms with Crippen LogP contribution in [-0.2, 0) is 4.74 Å². The van der Waals surface area contributed by atoms with Crippen LogP contribution in [0.1, 0.15) is 47.0 Å². The highest BCUT2D eigenvalue weighted by Gasteiger charge is 2.35. The van der Waals surface area contributed by atoms with Crippen molar-refractivity contribution >= 4 is 0 Å². The minimum absolute atomic E-state index is 0.0663. The lowest BCUT2D eigenvalue weighted by molar-refractivity contribution is -0.0378. The van der Waals surface area contributed by atoms with Crippen molar-refractivity contribution in [1.29, 1.82) is 0 Å². The van der Waals surface area contributed by atoms with Gasteiger partial charge in [-0.2, -0.15) is 0 Å². The summed E-state index contributed by atoms with van der Waals surface area (Å²) in [6.07, 6.45) is 3.78. The minimum atomic E-state index is 0.0663. The van der Waals surface area contributed by atoms with Crippen LogP contribution in [-0.4, -0.2) is 42.3 Å². The number of ether oxygens (including phenoxy) is 1. The van der Waals surface area contributed by atoms with Gasteiger partial charge in [-0.25, -0.2) is 0 Å². The standard InChI is InChI=1S/C13H28N2O/c1-6-13(4,10-14)15(5)9-11-7-8-12(2,3)16-11/h11H,6-10,14H2,1-5H3. The molecule has 3 heteroatoms. The molecule has 1 saturated heterocycles. The fraction of sp³-hybridized carbons (Fsp3) is 1.00. The smallest absolute Gasteiger partial charge is 0.0710 e. The summed E-state index contributed by atoms with van der Waals surface area (Å²) in [6.45, 7) is 10.5. The molecule has 1 fully saturated rings. The summed E-state index contributed by atoms with van der Waals surface area (Å²) in [5, 5.41) is 0. The first kappa shape index (κ1) is 13.9. The van der Waals surface area contributed by atoms with Crippen molar-refractivity contribution < 1.29 is 4.74 Å². The number of nitrogens with zero attached hydrogens (tertiary/aromatic N) is 1. The molecular formula is C13H28N2O. The number of hydrogen-bond acceptors (Lipinski definition) is 3. The average Bonchev–Trinajstić information content (AvgIpc) is 2.56. The first-order chi connectivity index (χ1) is 7.33. The van der Waals surface area contributed by atoms with Gasteiger partial charge in [0.05, 0.1) is 11.7 Å². The first-order valence-electron chi connectivity index (χ1n) is 6.42. The second-order valence-electron chi connectivity index (χ2n) is 5.97. The van der Waals surface area contributed by atoms with Gasteiger partial charge in [-0.1, -0.05) is 6.92 Å². The fourth-order valence-corrected chi connectivity index (χ4v) is 2.30. The number of nitrogens with two attached hydrogens (primary N) is 1. The second kappa shape index (κ2) is 5.03. The zero-order valence-electron chi connectivity index (χ0n) is 11.5. The molecule has 0 aliphatic carbocycles. The van der Waals surface area contributed by atoms with Gasteiger partial charge in [0.25, 0.3) is 0 Å². The molecule has 1 aliphatic rings. The van der Waals surface area contributed by atoms with Crippen LogP contribution in [0, 0.1) is 0 Å². The van der Waals surface area contributed by atoms with Crippen molar-refractivity contribution in [3.8, 4) is 0 Å². The normalized spacial score (nSPS) is 28.3. The summed E-state index contributed by atoms with van der Waals surface area (Å²) in [6, 6.07) is 0. The summed E-state index contributed by atoms with van der Waals surface area (Å²) < 4.78 is 6.02. The molecule has 1 heterocycles. The Bertz CT molecular complexity index is 224. The molecule has 0 radical (unpaired) electrons. The average molecular weight is 228 g/mol. The SMILES string of the molecule is CCC(C)(CN)N(C)CC1CCC(C)(C)O1. The van der Waals surface area contributed by atoms with Gasteiger partial charge in [0.15, 0.2) is 0 Å². The predicted octanol–water partition coefficient (Wildman–Crippen LogP) is 2.00. The van der Waals surface area contributed by atoms with E-state index in [1.165, 1.54) is 6.42 Å². The fourth-order valence-electron chi connectivity index (χ4n) is 2.30. The molecule has 2 unspecified atom stereocenters. The van der Waals surface area contributed by atoms with Gasteiger partial charge in [-0.3, -0.25) is 4.90 Å². The van der Waals surface area contributed by atoms with Crippen molar-refractivity contribution in [2.24, 2.45) is 5.73 Å². The van der Waals surface area contributed by atoms with Crippen LogP contribution in [0.2, 0.25) is 0 Å². The van der Waals surface area contributed by atoms with Crippen molar-refractivity contribution in [3.05, 3.63) is 0 Å². The second-order valence-corrected chi connectivity index (χ2v) is 5.97. The van der Waals surface area contributed by atoms with Gasteiger partial charge in [-0.15, -0.1) is 0 Å². The summed E-state index contributed by atoms with van der Waals surface area (Å²) in [5.74, 6) is 0. The maximum Gasteiger partial charge on any atom is 0.0710 e. The molecule has 0 aromatic heterocycles. The molecule has 0 bridgehead atoms. The Hall–Kier alpha value is -0.120. The maximum atomic E-state index is 6.02. The highest BCUT2D eigenvalue weighted by atomic mass is 16.5. The lowest BCUT2D eigenvalue weighted by atomic mass is 9.96. The highest BCUT2D eigenvalue weighted by Crippen LogP contribution is 2.30. The van der Waals surface area contributed by atoms with Crippen LogP contribution in [0.3, 0.4) is 0 Å². The lowest BCUT2D eigenvalue weighted by Crippen LogP contribution is -2.51. The minimum Gasteiger partial charge on any atom is -0.371 e. The Labute approximate surface area is 100 Å². The number of likely N-dealkylation sites (N-methyl/N-ethyl adjacent to an activating group) is 1. The van der Waals surface area contributed by atoms with Gasteiger partial charge >= 0.3 is 0 Å². The molecule has 3 nitrogen and oxygen atoms in total. The molecule has 0 spiro atoms. The van der Waals surface area contributed by atoms with Gasteiger partial charge in [-0.05, 0) is 47.1 Å². The summed E-state index contributed by atoms with van der Waals surface area (Å²) >= 11 is 0. The van der Waals surface area contributed by atoms with Gasteiger partial charge < -0.3 is 10.5 Å². The lowest BCUT2D eigenvalue weighted by Gasteiger charge is -2.38. The molecule has 2 N–H and O–H groups in total. The van der Waals surface area contributed by atoms with E-state index in [1.807, 2.05) is 0 Å². The quantitative estimate of drug-likeness (QED) is 0.782. The van der Waals surface area contributed by atoms with Crippen molar-refractivity contribution in [2.45, 2.75) is 64.2 Å². The first-order valence-corrected chi connectivity index (χ1v) is 6.42. The Morgan fingerprint density at radius 1 is 1.50 bits per heavy atom. The predicted molar refractivity (Wildman–Crippen MR) is 68.6 cm³/mol. The van der Waals surface area contributed by atoms with E-state index in [4.69, 9.17) is 10.5 Å². The number of rotatable bonds is 5. The monoisotopic (exact) mass is 228 g/mol. The summed E-state index contributed by atoms with van der Waals surface area (Å²) in [4.78, 5) is 2.36. The van der Waals surface area contributed by atoms with Crippen LogP contribution in [0.4, 0.5) is 0 Å². The van der Waals surface area contributed by atoms with Gasteiger partial charge in [0, 0.05) is 18.6 Å². The van der Waals surface area contributed by atoms with E-state index in [-0.39, 0.29) is 11.1 Å². The van der Waals surface area contributed by atoms with Crippen LogP contribution < -0.4 is 5.73 Å². The molecule has 96 valence electrons. The van der Waals surface area contributed by atoms with E-state index < -0.39 is 0 Å². The van der Waals surface area contributed by atoms with E-state index in [2.05, 4.69) is 39.6 Å². The maximum absolute atomic E-state index is 6.02. The van der Waals surface area contributed by atoms with Crippen molar-refractivity contribution in [2.75, 3.05) is 20.1 Å². The van der Waals surface area contributed by atoms with E-state index in [1.54, 1.807) is 0 Å². The molecule has 0 aromatic carbocycles. The van der Waals surface area contributed by atoms with Gasteiger partial charge in [0.1, 0.15) is 0 Å². The summed E-state index contributed by atoms with van der Waals surface area (Å²) in [5.41, 5.74) is 6.04. The molecule has 0 amide bonds. The van der Waals surface area contributed by atoms with Crippen LogP contribution >= 0.6 is 0 Å². The zero-order chi connectivity index (χ0) is 12.4. The van der Waals surface area contributed by atoms with Crippen LogP contribution in [0.25, 0.3) is 0 Å². The largest absolute Gasteiger partial charge is 0.371 e. The topological polar surface area (TPSA) is 38.5 Å². The van der Waals surface area contributed by atoms with E-state index in [9.17, 15) is 0 Å². The molecule has 0 aromatic rings. The molecule has 1 aliphatic heterocycles. The molecular weight excluding hydrogens is 200 g/mol. The molecule has 16 heavy (non-hydrogen) atoms. The van der Waals surface area contributed by atoms with Crippen LogP contribution in [0.5, 0.6) is 0 Å². The molecule has 2 atom stereocenters. The van der Waals surface area contributed by atoms with Crippen molar-refractivity contribution in [1.82, 2.24) is 4.90 Å². The third-order valence-electron chi connectivity index (χ3n) is 4.15. The highest BCUT2D eigenvalue weighted by molar-refractivity contribution is 4.88. The Balaban J connectivity index is 2.49. The third kappa shape index (κ3) is 3.19. The van der Waals surface area contributed by atoms with E-state index in [0.717, 1.165) is 19.4 Å². The third-order valence-corrected chi connectivity index (χ3v) is 4.15. The van der Waals surface area contributed by atoms with Gasteiger partial charge in [0.2, 0.25) is 0 Å². The Morgan fingerprint density at radius 2 is 2.12 bits per heavy atom. The molecule has 1 rings (SSSR count). The van der Waals surface area contributed by atoms with E-state index in [0.29, 0.717) is 12.6 Å². The Kier molecular flexibility index (Phi) is 4.38. The Morgan fingerprint density at radius 3 is 2.50 bits per heavy atom. The zero-order valence-corrected chi connectivity index (χ0v) is 11.5.